The van der Waals surface area contributed by atoms with Crippen LogP contribution in [0.3, 0.4) is 0 Å². The number of benzene rings is 1. The van der Waals surface area contributed by atoms with E-state index in [9.17, 15) is 9.90 Å². The summed E-state index contributed by atoms with van der Waals surface area (Å²) in [5.41, 5.74) is 1.84. The van der Waals surface area contributed by atoms with Crippen molar-refractivity contribution in [3.05, 3.63) is 48.3 Å². The Labute approximate surface area is 147 Å². The average Bonchev–Trinajstić information content (AvgIpc) is 3.15. The predicted molar refractivity (Wildman–Crippen MR) is 95.6 cm³/mol. The highest BCUT2D eigenvalue weighted by atomic mass is 16.3. The van der Waals surface area contributed by atoms with Crippen molar-refractivity contribution in [2.45, 2.75) is 43.9 Å². The Morgan fingerprint density at radius 1 is 1.16 bits per heavy atom. The summed E-state index contributed by atoms with van der Waals surface area (Å²) in [6.45, 7) is 2.19. The summed E-state index contributed by atoms with van der Waals surface area (Å²) in [6, 6.07) is 9.37. The van der Waals surface area contributed by atoms with E-state index in [0.717, 1.165) is 13.1 Å². The molecule has 132 valence electrons. The van der Waals surface area contributed by atoms with Gasteiger partial charge >= 0.3 is 0 Å². The number of aliphatic hydroxyl groups is 1. The lowest BCUT2D eigenvalue weighted by molar-refractivity contribution is -0.00588. The maximum Gasteiger partial charge on any atom is 0.251 e. The molecule has 2 fully saturated rings. The maximum absolute atomic E-state index is 12.5. The molecule has 0 bridgehead atoms. The van der Waals surface area contributed by atoms with Gasteiger partial charge in [0.1, 0.15) is 0 Å². The van der Waals surface area contributed by atoms with Crippen molar-refractivity contribution in [1.29, 1.82) is 0 Å². The molecule has 2 aliphatic rings. The van der Waals surface area contributed by atoms with Crippen molar-refractivity contribution in [3.8, 4) is 0 Å². The summed E-state index contributed by atoms with van der Waals surface area (Å²) in [5, 5.41) is 17.2. The molecule has 2 N–H and O–H groups in total. The van der Waals surface area contributed by atoms with Gasteiger partial charge in [0.2, 0.25) is 0 Å². The van der Waals surface area contributed by atoms with Gasteiger partial charge in [-0.2, -0.15) is 5.10 Å². The quantitative estimate of drug-likeness (QED) is 0.893. The lowest BCUT2D eigenvalue weighted by atomic mass is 9.83. The minimum absolute atomic E-state index is 0.0934. The number of nitrogens with one attached hydrogen (secondary N) is 1. The number of rotatable bonds is 4. The van der Waals surface area contributed by atoms with E-state index < -0.39 is 6.10 Å². The van der Waals surface area contributed by atoms with Gasteiger partial charge in [-0.25, -0.2) is 0 Å². The van der Waals surface area contributed by atoms with Gasteiger partial charge < -0.3 is 15.3 Å². The first-order valence-corrected chi connectivity index (χ1v) is 9.05. The molecular weight excluding hydrogens is 316 g/mol. The van der Waals surface area contributed by atoms with Gasteiger partial charge in [-0.1, -0.05) is 0 Å². The molecule has 2 aromatic rings. The predicted octanol–water partition coefficient (Wildman–Crippen LogP) is 1.98. The molecule has 6 heteroatoms. The molecule has 1 aromatic carbocycles. The minimum atomic E-state index is -0.466. The van der Waals surface area contributed by atoms with Crippen LogP contribution in [-0.2, 0) is 0 Å². The summed E-state index contributed by atoms with van der Waals surface area (Å²) in [6.07, 6.45) is 7.38. The minimum Gasteiger partial charge on any atom is -0.391 e. The number of anilines is 1. The van der Waals surface area contributed by atoms with E-state index >= 15 is 0 Å². The molecule has 0 radical (unpaired) electrons. The van der Waals surface area contributed by atoms with E-state index in [4.69, 9.17) is 0 Å². The van der Waals surface area contributed by atoms with Gasteiger partial charge in [-0.15, -0.1) is 0 Å². The van der Waals surface area contributed by atoms with E-state index in [0.29, 0.717) is 12.0 Å². The van der Waals surface area contributed by atoms with Crippen LogP contribution in [-0.4, -0.2) is 46.0 Å². The Kier molecular flexibility index (Phi) is 4.44. The SMILES string of the molecule is O=C(N[C@H]1C[C@@H](O)[C@@H]1n1cccn1)c1ccc(N2CCCCC2)cc1. The molecule has 1 saturated heterocycles. The topological polar surface area (TPSA) is 70.4 Å². The molecule has 2 heterocycles. The number of aliphatic hydroxyl groups excluding tert-OH is 1. The maximum atomic E-state index is 12.5. The van der Waals surface area contributed by atoms with Crippen LogP contribution in [0.25, 0.3) is 0 Å². The number of hydrogen-bond acceptors (Lipinski definition) is 4. The van der Waals surface area contributed by atoms with Gasteiger partial charge in [0.15, 0.2) is 0 Å². The van der Waals surface area contributed by atoms with Crippen LogP contribution in [0, 0.1) is 0 Å². The summed E-state index contributed by atoms with van der Waals surface area (Å²) < 4.78 is 1.72. The van der Waals surface area contributed by atoms with E-state index in [1.807, 2.05) is 36.5 Å². The third-order valence-electron chi connectivity index (χ3n) is 5.30. The smallest absolute Gasteiger partial charge is 0.251 e. The van der Waals surface area contributed by atoms with Crippen LogP contribution in [0.15, 0.2) is 42.7 Å². The van der Waals surface area contributed by atoms with Crippen LogP contribution in [0.5, 0.6) is 0 Å². The van der Waals surface area contributed by atoms with Crippen molar-refractivity contribution in [3.63, 3.8) is 0 Å². The number of hydrogen-bond donors (Lipinski definition) is 2. The fraction of sp³-hybridized carbons (Fsp3) is 0.474. The van der Waals surface area contributed by atoms with E-state index in [1.165, 1.54) is 24.9 Å². The van der Waals surface area contributed by atoms with Crippen LogP contribution >= 0.6 is 0 Å². The Balaban J connectivity index is 1.39. The Morgan fingerprint density at radius 3 is 2.56 bits per heavy atom. The molecule has 1 aliphatic heterocycles. The zero-order valence-corrected chi connectivity index (χ0v) is 14.2. The van der Waals surface area contributed by atoms with Crippen LogP contribution in [0.1, 0.15) is 42.1 Å². The number of carbonyl (C=O) groups is 1. The summed E-state index contributed by atoms with van der Waals surface area (Å²) in [5.74, 6) is -0.0979. The van der Waals surface area contributed by atoms with Crippen molar-refractivity contribution >= 4 is 11.6 Å². The fourth-order valence-corrected chi connectivity index (χ4v) is 3.80. The molecule has 0 unspecified atom stereocenters. The monoisotopic (exact) mass is 340 g/mol. The number of amides is 1. The van der Waals surface area contributed by atoms with Gasteiger partial charge in [0, 0.05) is 36.7 Å². The molecule has 4 rings (SSSR count). The molecule has 1 amide bonds. The second-order valence-electron chi connectivity index (χ2n) is 6.95. The number of nitrogens with zero attached hydrogens (tertiary/aromatic N) is 3. The lowest BCUT2D eigenvalue weighted by Gasteiger charge is -2.41. The molecule has 3 atom stereocenters. The van der Waals surface area contributed by atoms with Crippen molar-refractivity contribution in [2.24, 2.45) is 0 Å². The number of piperidine rings is 1. The molecular formula is C19H24N4O2. The van der Waals surface area contributed by atoms with Gasteiger partial charge in [0.05, 0.1) is 18.2 Å². The fourth-order valence-electron chi connectivity index (χ4n) is 3.80. The van der Waals surface area contributed by atoms with Crippen molar-refractivity contribution < 1.29 is 9.90 Å². The highest BCUT2D eigenvalue weighted by molar-refractivity contribution is 5.94. The second kappa shape index (κ2) is 6.88. The molecule has 0 spiro atoms. The average molecular weight is 340 g/mol. The molecule has 1 aromatic heterocycles. The summed E-state index contributed by atoms with van der Waals surface area (Å²) in [4.78, 5) is 14.9. The third kappa shape index (κ3) is 3.26. The largest absolute Gasteiger partial charge is 0.391 e. The molecule has 1 aliphatic carbocycles. The number of aromatic nitrogens is 2. The zero-order chi connectivity index (χ0) is 17.2. The molecule has 6 nitrogen and oxygen atoms in total. The van der Waals surface area contributed by atoms with Crippen molar-refractivity contribution in [2.75, 3.05) is 18.0 Å². The molecule has 25 heavy (non-hydrogen) atoms. The highest BCUT2D eigenvalue weighted by Gasteiger charge is 2.42. The van der Waals surface area contributed by atoms with E-state index in [-0.39, 0.29) is 18.0 Å². The van der Waals surface area contributed by atoms with Gasteiger partial charge in [0.25, 0.3) is 5.91 Å². The lowest BCUT2D eigenvalue weighted by Crippen LogP contribution is -2.56. The molecule has 1 saturated carbocycles. The third-order valence-corrected chi connectivity index (χ3v) is 5.30. The Bertz CT molecular complexity index is 708. The Morgan fingerprint density at radius 2 is 1.92 bits per heavy atom. The first kappa shape index (κ1) is 16.1. The first-order chi connectivity index (χ1) is 12.2. The van der Waals surface area contributed by atoms with Crippen molar-refractivity contribution in [1.82, 2.24) is 15.1 Å². The summed E-state index contributed by atoms with van der Waals surface area (Å²) in [7, 11) is 0. The number of carbonyl (C=O) groups excluding carboxylic acids is 1. The van der Waals surface area contributed by atoms with Crippen LogP contribution in [0.4, 0.5) is 5.69 Å². The van der Waals surface area contributed by atoms with Crippen LogP contribution < -0.4 is 10.2 Å². The zero-order valence-electron chi connectivity index (χ0n) is 14.2. The van der Waals surface area contributed by atoms with Crippen LogP contribution in [0.2, 0.25) is 0 Å². The first-order valence-electron chi connectivity index (χ1n) is 9.05. The highest BCUT2D eigenvalue weighted by Crippen LogP contribution is 2.32. The standard InChI is InChI=1S/C19H24N4O2/c24-17-13-16(18(17)23-12-4-9-20-23)21-19(25)14-5-7-15(8-6-14)22-10-2-1-3-11-22/h4-9,12,16-18,24H,1-3,10-11,13H2,(H,21,25)/t16-,17+,18+/m0/s1. The summed E-state index contributed by atoms with van der Waals surface area (Å²) >= 11 is 0. The van der Waals surface area contributed by atoms with Gasteiger partial charge in [-0.05, 0) is 56.0 Å². The Hall–Kier alpha value is -2.34. The van der Waals surface area contributed by atoms with E-state index in [2.05, 4.69) is 15.3 Å². The van der Waals surface area contributed by atoms with Gasteiger partial charge in [-0.3, -0.25) is 9.48 Å². The van der Waals surface area contributed by atoms with E-state index in [1.54, 1.807) is 10.9 Å². The normalized spacial score (nSPS) is 26.1. The second-order valence-corrected chi connectivity index (χ2v) is 6.95.